The van der Waals surface area contributed by atoms with E-state index in [1.165, 1.54) is 5.56 Å². The molecule has 0 radical (unpaired) electrons. The van der Waals surface area contributed by atoms with Gasteiger partial charge >= 0.3 is 0 Å². The molecule has 2 aromatic heterocycles. The van der Waals surface area contributed by atoms with Crippen molar-refractivity contribution in [3.63, 3.8) is 0 Å². The molecule has 1 aromatic carbocycles. The molecule has 30 heavy (non-hydrogen) atoms. The van der Waals surface area contributed by atoms with Gasteiger partial charge in [-0.25, -0.2) is 13.4 Å². The molecule has 3 aromatic rings. The highest BCUT2D eigenvalue weighted by Crippen LogP contribution is 2.30. The van der Waals surface area contributed by atoms with E-state index in [9.17, 15) is 13.2 Å². The summed E-state index contributed by atoms with van der Waals surface area (Å²) in [6.07, 6.45) is 3.00. The van der Waals surface area contributed by atoms with Crippen molar-refractivity contribution < 1.29 is 13.2 Å². The van der Waals surface area contributed by atoms with E-state index in [4.69, 9.17) is 0 Å². The van der Waals surface area contributed by atoms with Crippen molar-refractivity contribution in [3.05, 3.63) is 52.6 Å². The lowest BCUT2D eigenvalue weighted by Crippen LogP contribution is -2.20. The quantitative estimate of drug-likeness (QED) is 0.600. The molecule has 3 heterocycles. The van der Waals surface area contributed by atoms with Crippen LogP contribution in [0.25, 0.3) is 0 Å². The Morgan fingerprint density at radius 1 is 1.33 bits per heavy atom. The molecular weight excluding hydrogens is 424 g/mol. The zero-order valence-corrected chi connectivity index (χ0v) is 18.3. The van der Waals surface area contributed by atoms with Crippen LogP contribution in [0.3, 0.4) is 0 Å². The van der Waals surface area contributed by atoms with Gasteiger partial charge in [-0.05, 0) is 31.0 Å². The van der Waals surface area contributed by atoms with Crippen molar-refractivity contribution in [2.75, 3.05) is 16.3 Å². The lowest BCUT2D eigenvalue weighted by molar-refractivity contribution is -0.115. The number of hydrogen-bond acceptors (Lipinski definition) is 7. The summed E-state index contributed by atoms with van der Waals surface area (Å²) in [6.45, 7) is 2.80. The molecule has 1 aliphatic heterocycles. The van der Waals surface area contributed by atoms with Gasteiger partial charge in [0.05, 0.1) is 18.4 Å². The molecule has 2 N–H and O–H groups in total. The molecule has 9 nitrogen and oxygen atoms in total. The Morgan fingerprint density at radius 3 is 2.97 bits per heavy atom. The Kier molecular flexibility index (Phi) is 5.56. The molecule has 0 bridgehead atoms. The summed E-state index contributed by atoms with van der Waals surface area (Å²) < 4.78 is 27.0. The topological polar surface area (TPSA) is 119 Å². The van der Waals surface area contributed by atoms with Crippen molar-refractivity contribution in [1.29, 1.82) is 0 Å². The first kappa shape index (κ1) is 20.5. The molecule has 0 unspecified atom stereocenters. The first-order valence-corrected chi connectivity index (χ1v) is 12.2. The molecule has 0 fully saturated rings. The first-order valence-electron chi connectivity index (χ1n) is 9.47. The number of aromatic nitrogens is 4. The van der Waals surface area contributed by atoms with E-state index in [0.717, 1.165) is 54.3 Å². The number of carbonyl (C=O) groups is 1. The first-order chi connectivity index (χ1) is 14.3. The highest BCUT2D eigenvalue weighted by molar-refractivity contribution is 7.92. The number of nitrogens with one attached hydrogen (secondary N) is 2. The normalized spacial score (nSPS) is 16.1. The van der Waals surface area contributed by atoms with E-state index >= 15 is 0 Å². The van der Waals surface area contributed by atoms with Crippen molar-refractivity contribution in [2.45, 2.75) is 38.6 Å². The Bertz CT molecular complexity index is 1180. The maximum absolute atomic E-state index is 12.4. The van der Waals surface area contributed by atoms with Gasteiger partial charge in [0.15, 0.2) is 5.13 Å². The number of nitrogens with zero attached hydrogens (tertiary/aromatic N) is 4. The van der Waals surface area contributed by atoms with Crippen LogP contribution < -0.4 is 10.0 Å². The standard InChI is InChI=1S/C19H22N6O3S2/c1-12-22-23-17-7-6-14(10-25(12)17)13-4-3-5-15(8-13)20-18(26)9-16-11-29-19(21-16)24-30(2,27)28/h3-5,8,11,14H,6-7,9-10H2,1-2H3,(H,20,26)(H,21,24)/t14-/m0/s1. The summed E-state index contributed by atoms with van der Waals surface area (Å²) in [5.41, 5.74) is 2.41. The predicted octanol–water partition coefficient (Wildman–Crippen LogP) is 2.33. The number of thiazole rings is 1. The van der Waals surface area contributed by atoms with Crippen LogP contribution in [0, 0.1) is 6.92 Å². The molecular formula is C19H22N6O3S2. The lowest BCUT2D eigenvalue weighted by atomic mass is 9.91. The Morgan fingerprint density at radius 2 is 2.17 bits per heavy atom. The number of anilines is 2. The second-order valence-corrected chi connectivity index (χ2v) is 9.98. The third kappa shape index (κ3) is 4.85. The third-order valence-electron chi connectivity index (χ3n) is 4.94. The number of rotatable bonds is 6. The van der Waals surface area contributed by atoms with Crippen LogP contribution in [-0.4, -0.2) is 40.3 Å². The molecule has 1 amide bonds. The number of sulfonamides is 1. The summed E-state index contributed by atoms with van der Waals surface area (Å²) in [5.74, 6) is 2.09. The van der Waals surface area contributed by atoms with Gasteiger partial charge in [-0.2, -0.15) is 0 Å². The number of hydrogen-bond donors (Lipinski definition) is 2. The third-order valence-corrected chi connectivity index (χ3v) is 6.44. The van der Waals surface area contributed by atoms with Crippen LogP contribution in [0.5, 0.6) is 0 Å². The maximum atomic E-state index is 12.4. The van der Waals surface area contributed by atoms with Crippen LogP contribution in [0.1, 0.15) is 35.2 Å². The van der Waals surface area contributed by atoms with Crippen LogP contribution in [-0.2, 0) is 34.2 Å². The van der Waals surface area contributed by atoms with Gasteiger partial charge < -0.3 is 9.88 Å². The summed E-state index contributed by atoms with van der Waals surface area (Å²) in [7, 11) is -3.39. The second-order valence-electron chi connectivity index (χ2n) is 7.38. The van der Waals surface area contributed by atoms with Crippen molar-refractivity contribution >= 4 is 38.1 Å². The molecule has 0 aliphatic carbocycles. The van der Waals surface area contributed by atoms with Crippen molar-refractivity contribution in [1.82, 2.24) is 19.7 Å². The fraction of sp³-hybridized carbons (Fsp3) is 0.368. The number of carbonyl (C=O) groups excluding carboxylic acids is 1. The average molecular weight is 447 g/mol. The fourth-order valence-corrected chi connectivity index (χ4v) is 5.13. The van der Waals surface area contributed by atoms with Crippen molar-refractivity contribution in [2.24, 2.45) is 0 Å². The highest BCUT2D eigenvalue weighted by Gasteiger charge is 2.23. The molecule has 0 saturated heterocycles. The Hall–Kier alpha value is -2.79. The molecule has 1 atom stereocenters. The van der Waals surface area contributed by atoms with Gasteiger partial charge in [-0.15, -0.1) is 21.5 Å². The van der Waals surface area contributed by atoms with Crippen LogP contribution >= 0.6 is 11.3 Å². The predicted molar refractivity (Wildman–Crippen MR) is 115 cm³/mol. The minimum absolute atomic E-state index is 0.0683. The number of benzene rings is 1. The van der Waals surface area contributed by atoms with Gasteiger partial charge in [-0.1, -0.05) is 12.1 Å². The highest BCUT2D eigenvalue weighted by atomic mass is 32.2. The monoisotopic (exact) mass is 446 g/mol. The van der Waals surface area contributed by atoms with Gasteiger partial charge in [-0.3, -0.25) is 9.52 Å². The van der Waals surface area contributed by atoms with Gasteiger partial charge in [0.25, 0.3) is 0 Å². The fourth-order valence-electron chi connectivity index (χ4n) is 3.57. The summed E-state index contributed by atoms with van der Waals surface area (Å²) in [5, 5.41) is 13.2. The van der Waals surface area contributed by atoms with Crippen molar-refractivity contribution in [3.8, 4) is 0 Å². The van der Waals surface area contributed by atoms with Gasteiger partial charge in [0.1, 0.15) is 11.6 Å². The summed E-state index contributed by atoms with van der Waals surface area (Å²) >= 11 is 1.15. The lowest BCUT2D eigenvalue weighted by Gasteiger charge is -2.24. The zero-order valence-electron chi connectivity index (χ0n) is 16.6. The SMILES string of the molecule is Cc1nnc2n1C[C@@H](c1cccc(NC(=O)Cc3csc(NS(C)(=O)=O)n3)c1)CC2. The second kappa shape index (κ2) is 8.15. The van der Waals surface area contributed by atoms with E-state index in [2.05, 4.69) is 35.9 Å². The molecule has 4 rings (SSSR count). The Balaban J connectivity index is 1.40. The van der Waals surface area contributed by atoms with Crippen LogP contribution in [0.4, 0.5) is 10.8 Å². The maximum Gasteiger partial charge on any atom is 0.231 e. The van der Waals surface area contributed by atoms with E-state index < -0.39 is 10.0 Å². The number of amides is 1. The van der Waals surface area contributed by atoms with Crippen LogP contribution in [0.15, 0.2) is 29.6 Å². The minimum atomic E-state index is -3.39. The molecule has 0 saturated carbocycles. The van der Waals surface area contributed by atoms with Gasteiger partial charge in [0, 0.05) is 30.0 Å². The smallest absolute Gasteiger partial charge is 0.231 e. The van der Waals surface area contributed by atoms with E-state index in [1.54, 1.807) is 5.38 Å². The van der Waals surface area contributed by atoms with E-state index in [0.29, 0.717) is 11.6 Å². The van der Waals surface area contributed by atoms with E-state index in [-0.39, 0.29) is 17.5 Å². The largest absolute Gasteiger partial charge is 0.326 e. The number of aryl methyl sites for hydroxylation is 2. The Labute approximate surface area is 178 Å². The van der Waals surface area contributed by atoms with Gasteiger partial charge in [0.2, 0.25) is 15.9 Å². The number of fused-ring (bicyclic) bond motifs is 1. The molecule has 11 heteroatoms. The molecule has 0 spiro atoms. The molecule has 158 valence electrons. The van der Waals surface area contributed by atoms with E-state index in [1.807, 2.05) is 25.1 Å². The molecule has 1 aliphatic rings. The van der Waals surface area contributed by atoms with Crippen LogP contribution in [0.2, 0.25) is 0 Å². The minimum Gasteiger partial charge on any atom is -0.326 e. The average Bonchev–Trinajstić information content (AvgIpc) is 3.26. The summed E-state index contributed by atoms with van der Waals surface area (Å²) in [6, 6.07) is 7.88. The summed E-state index contributed by atoms with van der Waals surface area (Å²) in [4.78, 5) is 16.6. The zero-order chi connectivity index (χ0) is 21.3.